The SMILES string of the molecule is CC(O)CC(=O)N[C@@H]1CCC[C@@H](C)C1. The summed E-state index contributed by atoms with van der Waals surface area (Å²) in [5.41, 5.74) is 0. The molecule has 3 nitrogen and oxygen atoms in total. The van der Waals surface area contributed by atoms with E-state index >= 15 is 0 Å². The zero-order valence-corrected chi connectivity index (χ0v) is 9.12. The molecular formula is C11H21NO2. The molecule has 0 aliphatic heterocycles. The van der Waals surface area contributed by atoms with E-state index in [4.69, 9.17) is 5.11 Å². The fraction of sp³-hybridized carbons (Fsp3) is 0.909. The summed E-state index contributed by atoms with van der Waals surface area (Å²) in [7, 11) is 0. The van der Waals surface area contributed by atoms with Gasteiger partial charge in [0, 0.05) is 6.04 Å². The van der Waals surface area contributed by atoms with E-state index in [9.17, 15) is 4.79 Å². The van der Waals surface area contributed by atoms with Crippen LogP contribution in [0.1, 0.15) is 46.0 Å². The van der Waals surface area contributed by atoms with Gasteiger partial charge in [-0.15, -0.1) is 0 Å². The zero-order chi connectivity index (χ0) is 10.6. The molecule has 1 aliphatic carbocycles. The van der Waals surface area contributed by atoms with E-state index in [-0.39, 0.29) is 12.3 Å². The van der Waals surface area contributed by atoms with Crippen LogP contribution in [-0.4, -0.2) is 23.2 Å². The molecule has 1 unspecified atom stereocenters. The van der Waals surface area contributed by atoms with Crippen LogP contribution in [0.5, 0.6) is 0 Å². The molecule has 1 rings (SSSR count). The quantitative estimate of drug-likeness (QED) is 0.723. The van der Waals surface area contributed by atoms with Crippen molar-refractivity contribution in [3.05, 3.63) is 0 Å². The van der Waals surface area contributed by atoms with Gasteiger partial charge in [0.15, 0.2) is 0 Å². The Hall–Kier alpha value is -0.570. The number of aliphatic hydroxyl groups is 1. The minimum absolute atomic E-state index is 0.0147. The molecule has 1 amide bonds. The molecule has 82 valence electrons. The molecule has 0 spiro atoms. The highest BCUT2D eigenvalue weighted by Crippen LogP contribution is 2.23. The van der Waals surface area contributed by atoms with Gasteiger partial charge >= 0.3 is 0 Å². The number of hydrogen-bond donors (Lipinski definition) is 2. The van der Waals surface area contributed by atoms with Crippen molar-refractivity contribution in [1.82, 2.24) is 5.32 Å². The normalized spacial score (nSPS) is 29.6. The number of amides is 1. The van der Waals surface area contributed by atoms with Gasteiger partial charge < -0.3 is 10.4 Å². The predicted octanol–water partition coefficient (Wildman–Crippen LogP) is 1.45. The highest BCUT2D eigenvalue weighted by molar-refractivity contribution is 5.76. The summed E-state index contributed by atoms with van der Waals surface area (Å²) in [6.07, 6.45) is 4.37. The first kappa shape index (κ1) is 11.5. The van der Waals surface area contributed by atoms with Gasteiger partial charge in [0.05, 0.1) is 12.5 Å². The molecule has 1 fully saturated rings. The first-order chi connectivity index (χ1) is 6.58. The van der Waals surface area contributed by atoms with Gasteiger partial charge in [0.1, 0.15) is 0 Å². The van der Waals surface area contributed by atoms with Gasteiger partial charge in [-0.25, -0.2) is 0 Å². The highest BCUT2D eigenvalue weighted by atomic mass is 16.3. The molecule has 3 atom stereocenters. The van der Waals surface area contributed by atoms with Crippen molar-refractivity contribution in [2.75, 3.05) is 0 Å². The summed E-state index contributed by atoms with van der Waals surface area (Å²) in [6, 6.07) is 0.338. The lowest BCUT2D eigenvalue weighted by molar-refractivity contribution is -0.123. The second-order valence-corrected chi connectivity index (χ2v) is 4.59. The number of carbonyl (C=O) groups is 1. The molecule has 1 aliphatic rings. The average Bonchev–Trinajstić information content (AvgIpc) is 2.01. The molecule has 0 aromatic heterocycles. The van der Waals surface area contributed by atoms with E-state index in [1.165, 1.54) is 12.8 Å². The Morgan fingerprint density at radius 1 is 1.57 bits per heavy atom. The molecule has 0 aromatic rings. The Bertz CT molecular complexity index is 192. The molecule has 0 aromatic carbocycles. The van der Waals surface area contributed by atoms with E-state index in [0.29, 0.717) is 6.04 Å². The number of hydrogen-bond acceptors (Lipinski definition) is 2. The van der Waals surface area contributed by atoms with Crippen LogP contribution in [0.3, 0.4) is 0 Å². The standard InChI is InChI=1S/C11H21NO2/c1-8-4-3-5-10(6-8)12-11(14)7-9(2)13/h8-10,13H,3-7H2,1-2H3,(H,12,14)/t8-,9?,10-/m1/s1. The van der Waals surface area contributed by atoms with Crippen LogP contribution < -0.4 is 5.32 Å². The monoisotopic (exact) mass is 199 g/mol. The second kappa shape index (κ2) is 5.35. The average molecular weight is 199 g/mol. The van der Waals surface area contributed by atoms with Crippen LogP contribution in [0.25, 0.3) is 0 Å². The molecule has 14 heavy (non-hydrogen) atoms. The van der Waals surface area contributed by atoms with E-state index in [1.54, 1.807) is 6.92 Å². The zero-order valence-electron chi connectivity index (χ0n) is 9.12. The molecule has 1 saturated carbocycles. The Morgan fingerprint density at radius 3 is 2.86 bits per heavy atom. The van der Waals surface area contributed by atoms with Crippen LogP contribution in [-0.2, 0) is 4.79 Å². The first-order valence-electron chi connectivity index (χ1n) is 5.55. The third kappa shape index (κ3) is 4.09. The van der Waals surface area contributed by atoms with E-state index in [2.05, 4.69) is 12.2 Å². The van der Waals surface area contributed by atoms with Crippen molar-refractivity contribution >= 4 is 5.91 Å². The summed E-state index contributed by atoms with van der Waals surface area (Å²) < 4.78 is 0. The molecule has 3 heteroatoms. The fourth-order valence-electron chi connectivity index (χ4n) is 2.12. The molecule has 0 radical (unpaired) electrons. The lowest BCUT2D eigenvalue weighted by Gasteiger charge is -2.27. The van der Waals surface area contributed by atoms with Crippen molar-refractivity contribution in [3.63, 3.8) is 0 Å². The topological polar surface area (TPSA) is 49.3 Å². The maximum absolute atomic E-state index is 11.4. The van der Waals surface area contributed by atoms with Gasteiger partial charge in [0.2, 0.25) is 5.91 Å². The molecule has 2 N–H and O–H groups in total. The minimum atomic E-state index is -0.531. The second-order valence-electron chi connectivity index (χ2n) is 4.59. The van der Waals surface area contributed by atoms with Crippen LogP contribution in [0, 0.1) is 5.92 Å². The van der Waals surface area contributed by atoms with Crippen molar-refractivity contribution in [3.8, 4) is 0 Å². The number of carbonyl (C=O) groups excluding carboxylic acids is 1. The van der Waals surface area contributed by atoms with E-state index < -0.39 is 6.10 Å². The van der Waals surface area contributed by atoms with Gasteiger partial charge in [0.25, 0.3) is 0 Å². The Morgan fingerprint density at radius 2 is 2.29 bits per heavy atom. The van der Waals surface area contributed by atoms with Crippen molar-refractivity contribution in [2.24, 2.45) is 5.92 Å². The minimum Gasteiger partial charge on any atom is -0.393 e. The third-order valence-electron chi connectivity index (χ3n) is 2.78. The largest absolute Gasteiger partial charge is 0.393 e. The summed E-state index contributed by atoms with van der Waals surface area (Å²) in [5.74, 6) is 0.708. The molecule has 0 bridgehead atoms. The van der Waals surface area contributed by atoms with Crippen molar-refractivity contribution in [2.45, 2.75) is 58.1 Å². The van der Waals surface area contributed by atoms with E-state index in [0.717, 1.165) is 18.8 Å². The fourth-order valence-corrected chi connectivity index (χ4v) is 2.12. The lowest BCUT2D eigenvalue weighted by Crippen LogP contribution is -2.39. The van der Waals surface area contributed by atoms with Crippen molar-refractivity contribution in [1.29, 1.82) is 0 Å². The Labute approximate surface area is 85.9 Å². The van der Waals surface area contributed by atoms with Crippen LogP contribution >= 0.6 is 0 Å². The lowest BCUT2D eigenvalue weighted by atomic mass is 9.87. The predicted molar refractivity (Wildman–Crippen MR) is 55.9 cm³/mol. The Balaban J connectivity index is 2.25. The maximum atomic E-state index is 11.4. The summed E-state index contributed by atoms with van der Waals surface area (Å²) in [5, 5.41) is 12.0. The van der Waals surface area contributed by atoms with Gasteiger partial charge in [-0.1, -0.05) is 19.8 Å². The smallest absolute Gasteiger partial charge is 0.222 e. The number of nitrogens with one attached hydrogen (secondary N) is 1. The van der Waals surface area contributed by atoms with Crippen LogP contribution in [0.15, 0.2) is 0 Å². The highest BCUT2D eigenvalue weighted by Gasteiger charge is 2.20. The van der Waals surface area contributed by atoms with Gasteiger partial charge in [-0.05, 0) is 25.7 Å². The molecule has 0 saturated heterocycles. The molecule has 0 heterocycles. The van der Waals surface area contributed by atoms with Gasteiger partial charge in [-0.3, -0.25) is 4.79 Å². The van der Waals surface area contributed by atoms with E-state index in [1.807, 2.05) is 0 Å². The van der Waals surface area contributed by atoms with Crippen LogP contribution in [0.2, 0.25) is 0 Å². The first-order valence-corrected chi connectivity index (χ1v) is 5.55. The van der Waals surface area contributed by atoms with Gasteiger partial charge in [-0.2, -0.15) is 0 Å². The Kier molecular flexibility index (Phi) is 4.39. The molecular weight excluding hydrogens is 178 g/mol. The third-order valence-corrected chi connectivity index (χ3v) is 2.78. The summed E-state index contributed by atoms with van der Waals surface area (Å²) in [6.45, 7) is 3.87. The van der Waals surface area contributed by atoms with Crippen LogP contribution in [0.4, 0.5) is 0 Å². The summed E-state index contributed by atoms with van der Waals surface area (Å²) >= 11 is 0. The number of rotatable bonds is 3. The summed E-state index contributed by atoms with van der Waals surface area (Å²) in [4.78, 5) is 11.4. The van der Waals surface area contributed by atoms with Crippen molar-refractivity contribution < 1.29 is 9.90 Å². The number of aliphatic hydroxyl groups excluding tert-OH is 1. The maximum Gasteiger partial charge on any atom is 0.222 e.